The van der Waals surface area contributed by atoms with Gasteiger partial charge in [-0.25, -0.2) is 16.8 Å². The van der Waals surface area contributed by atoms with Crippen molar-refractivity contribution in [3.8, 4) is 0 Å². The van der Waals surface area contributed by atoms with Crippen LogP contribution in [0.5, 0.6) is 0 Å². The van der Waals surface area contributed by atoms with Crippen molar-refractivity contribution in [3.05, 3.63) is 29.8 Å². The number of rotatable bonds is 5. The Morgan fingerprint density at radius 2 is 1.44 bits per heavy atom. The third kappa shape index (κ3) is 3.64. The second-order valence-electron chi connectivity index (χ2n) is 7.52. The van der Waals surface area contributed by atoms with Gasteiger partial charge in [0.2, 0.25) is 10.0 Å². The molecule has 1 heterocycles. The number of sulfonamides is 1. The van der Waals surface area contributed by atoms with Crippen LogP contribution < -0.4 is 0 Å². The zero-order valence-electron chi connectivity index (χ0n) is 14.9. The highest BCUT2D eigenvalue weighted by atomic mass is 32.2. The lowest BCUT2D eigenvalue weighted by molar-refractivity contribution is 0.306. The van der Waals surface area contributed by atoms with Crippen molar-refractivity contribution in [3.63, 3.8) is 0 Å². The van der Waals surface area contributed by atoms with Crippen LogP contribution >= 0.6 is 0 Å². The minimum Gasteiger partial charge on any atom is -0.228 e. The molecule has 1 aromatic carbocycles. The van der Waals surface area contributed by atoms with Gasteiger partial charge in [0.05, 0.1) is 15.4 Å². The zero-order valence-corrected chi connectivity index (χ0v) is 16.5. The fraction of sp³-hybridized carbons (Fsp3) is 0.667. The molecule has 25 heavy (non-hydrogen) atoms. The van der Waals surface area contributed by atoms with Crippen LogP contribution in [0, 0.1) is 0 Å². The lowest BCUT2D eigenvalue weighted by Crippen LogP contribution is -2.58. The Balaban J connectivity index is 1.68. The van der Waals surface area contributed by atoms with E-state index < -0.39 is 25.1 Å². The number of hydrogen-bond donors (Lipinski definition) is 0. The molecule has 3 rings (SSSR count). The van der Waals surface area contributed by atoms with E-state index in [0.29, 0.717) is 5.92 Å². The first-order chi connectivity index (χ1) is 11.7. The second-order valence-corrected chi connectivity index (χ2v) is 12.0. The predicted octanol–water partition coefficient (Wildman–Crippen LogP) is 2.93. The summed E-state index contributed by atoms with van der Waals surface area (Å²) < 4.78 is 52.0. The van der Waals surface area contributed by atoms with Crippen LogP contribution in [0.1, 0.15) is 57.4 Å². The molecule has 0 bridgehead atoms. The van der Waals surface area contributed by atoms with Crippen LogP contribution in [-0.4, -0.2) is 44.7 Å². The molecule has 1 aromatic rings. The van der Waals surface area contributed by atoms with Crippen molar-refractivity contribution in [2.45, 2.75) is 67.3 Å². The highest BCUT2D eigenvalue weighted by molar-refractivity contribution is 7.93. The van der Waals surface area contributed by atoms with Crippen molar-refractivity contribution < 1.29 is 16.8 Å². The first-order valence-electron chi connectivity index (χ1n) is 9.05. The van der Waals surface area contributed by atoms with Crippen LogP contribution in [-0.2, 0) is 19.9 Å². The summed E-state index contributed by atoms with van der Waals surface area (Å²) in [6.07, 6.45) is 4.47. The molecule has 0 aromatic heterocycles. The Hall–Kier alpha value is -0.920. The molecule has 7 heteroatoms. The largest absolute Gasteiger partial charge is 0.243 e. The summed E-state index contributed by atoms with van der Waals surface area (Å²) in [6.45, 7) is 4.29. The summed E-state index contributed by atoms with van der Waals surface area (Å²) in [5.74, 6) is 0.339. The van der Waals surface area contributed by atoms with E-state index in [1.165, 1.54) is 4.31 Å². The molecule has 0 amide bonds. The van der Waals surface area contributed by atoms with E-state index in [4.69, 9.17) is 0 Å². The number of hydrogen-bond acceptors (Lipinski definition) is 4. The Labute approximate surface area is 151 Å². The van der Waals surface area contributed by atoms with Gasteiger partial charge in [0.15, 0.2) is 9.84 Å². The van der Waals surface area contributed by atoms with Crippen molar-refractivity contribution in [1.82, 2.24) is 4.31 Å². The molecule has 1 aliphatic carbocycles. The molecule has 140 valence electrons. The van der Waals surface area contributed by atoms with Gasteiger partial charge in [-0.3, -0.25) is 0 Å². The molecule has 2 aliphatic rings. The van der Waals surface area contributed by atoms with Gasteiger partial charge in [0.1, 0.15) is 0 Å². The summed E-state index contributed by atoms with van der Waals surface area (Å²) >= 11 is 0. The normalized spacial score (nSPS) is 21.4. The van der Waals surface area contributed by atoms with Gasteiger partial charge in [0, 0.05) is 13.1 Å². The smallest absolute Gasteiger partial charge is 0.228 e. The molecule has 1 aliphatic heterocycles. The van der Waals surface area contributed by atoms with Crippen LogP contribution in [0.4, 0.5) is 0 Å². The molecule has 0 N–H and O–H groups in total. The average molecular weight is 386 g/mol. The monoisotopic (exact) mass is 385 g/mol. The maximum Gasteiger partial charge on any atom is 0.243 e. The number of benzene rings is 1. The van der Waals surface area contributed by atoms with Crippen LogP contribution in [0.3, 0.4) is 0 Å². The molecular weight excluding hydrogens is 358 g/mol. The summed E-state index contributed by atoms with van der Waals surface area (Å²) in [4.78, 5) is 0.241. The average Bonchev–Trinajstić information content (AvgIpc) is 2.54. The standard InChI is InChI=1S/C18H27NO4S2/c1-14(2)15-8-10-17(11-9-15)25(22,23)19-12-18(13-19)24(20,21)16-6-4-3-5-7-16/h8-11,14,16,18H,3-7,12-13H2,1-2H3. The quantitative estimate of drug-likeness (QED) is 0.781. The van der Waals surface area contributed by atoms with E-state index in [1.807, 2.05) is 12.1 Å². The van der Waals surface area contributed by atoms with Gasteiger partial charge in [-0.1, -0.05) is 45.2 Å². The molecule has 0 unspecified atom stereocenters. The highest BCUT2D eigenvalue weighted by Crippen LogP contribution is 2.32. The SMILES string of the molecule is CC(C)c1ccc(S(=O)(=O)N2CC(S(=O)(=O)C3CCCCC3)C2)cc1. The van der Waals surface area contributed by atoms with E-state index in [9.17, 15) is 16.8 Å². The number of nitrogens with zero attached hydrogens (tertiary/aromatic N) is 1. The summed E-state index contributed by atoms with van der Waals surface area (Å²) in [6, 6.07) is 6.89. The zero-order chi connectivity index (χ0) is 18.2. The fourth-order valence-corrected chi connectivity index (χ4v) is 7.67. The third-order valence-corrected chi connectivity index (χ3v) is 9.95. The molecule has 1 saturated heterocycles. The third-order valence-electron chi connectivity index (χ3n) is 5.48. The van der Waals surface area contributed by atoms with Gasteiger partial charge in [0.25, 0.3) is 0 Å². The molecule has 0 atom stereocenters. The van der Waals surface area contributed by atoms with E-state index >= 15 is 0 Å². The van der Waals surface area contributed by atoms with E-state index in [0.717, 1.165) is 37.7 Å². The van der Waals surface area contributed by atoms with Gasteiger partial charge < -0.3 is 0 Å². The maximum absolute atomic E-state index is 12.7. The Morgan fingerprint density at radius 1 is 0.880 bits per heavy atom. The lowest BCUT2D eigenvalue weighted by atomic mass is 10.0. The fourth-order valence-electron chi connectivity index (χ4n) is 3.64. The van der Waals surface area contributed by atoms with Crippen LogP contribution in [0.2, 0.25) is 0 Å². The molecule has 1 saturated carbocycles. The van der Waals surface area contributed by atoms with Crippen molar-refractivity contribution >= 4 is 19.9 Å². The van der Waals surface area contributed by atoms with E-state index in [1.54, 1.807) is 12.1 Å². The van der Waals surface area contributed by atoms with Crippen molar-refractivity contribution in [2.75, 3.05) is 13.1 Å². The Bertz CT molecular complexity index is 801. The van der Waals surface area contributed by atoms with Gasteiger partial charge in [-0.2, -0.15) is 4.31 Å². The lowest BCUT2D eigenvalue weighted by Gasteiger charge is -2.39. The van der Waals surface area contributed by atoms with E-state index in [2.05, 4.69) is 13.8 Å². The minimum absolute atomic E-state index is 0.0904. The highest BCUT2D eigenvalue weighted by Gasteiger charge is 2.46. The molecule has 0 radical (unpaired) electrons. The summed E-state index contributed by atoms with van der Waals surface area (Å²) in [7, 11) is -6.82. The van der Waals surface area contributed by atoms with E-state index in [-0.39, 0.29) is 23.2 Å². The second kappa shape index (κ2) is 7.00. The van der Waals surface area contributed by atoms with Crippen molar-refractivity contribution in [1.29, 1.82) is 0 Å². The molecule has 5 nitrogen and oxygen atoms in total. The van der Waals surface area contributed by atoms with Gasteiger partial charge in [-0.15, -0.1) is 0 Å². The van der Waals surface area contributed by atoms with Gasteiger partial charge in [-0.05, 0) is 36.5 Å². The van der Waals surface area contributed by atoms with Crippen LogP contribution in [0.25, 0.3) is 0 Å². The Kier molecular flexibility index (Phi) is 5.28. The Morgan fingerprint density at radius 3 is 1.96 bits per heavy atom. The van der Waals surface area contributed by atoms with Crippen LogP contribution in [0.15, 0.2) is 29.2 Å². The maximum atomic E-state index is 12.7. The summed E-state index contributed by atoms with van der Waals surface area (Å²) in [5, 5.41) is -0.818. The first kappa shape index (κ1) is 18.9. The first-order valence-corrected chi connectivity index (χ1v) is 12.1. The molecular formula is C18H27NO4S2. The molecule has 2 fully saturated rings. The predicted molar refractivity (Wildman–Crippen MR) is 98.9 cm³/mol. The van der Waals surface area contributed by atoms with Crippen molar-refractivity contribution in [2.24, 2.45) is 0 Å². The molecule has 0 spiro atoms. The minimum atomic E-state index is -3.60. The topological polar surface area (TPSA) is 71.5 Å². The van der Waals surface area contributed by atoms with Gasteiger partial charge >= 0.3 is 0 Å². The number of sulfone groups is 1. The summed E-state index contributed by atoms with van der Waals surface area (Å²) in [5.41, 5.74) is 1.08.